The lowest BCUT2D eigenvalue weighted by atomic mass is 10.0. The fourth-order valence-electron chi connectivity index (χ4n) is 4.86. The monoisotopic (exact) mass is 489 g/mol. The third kappa shape index (κ3) is 3.55. The second-order valence-corrected chi connectivity index (χ2v) is 10.8. The average Bonchev–Trinajstić information content (AvgIpc) is 3.60. The van der Waals surface area contributed by atoms with Crippen LogP contribution in [-0.4, -0.2) is 61.0 Å². The van der Waals surface area contributed by atoms with Crippen LogP contribution >= 0.6 is 0 Å². The Bertz CT molecular complexity index is 1740. The minimum absolute atomic E-state index is 0.176. The van der Waals surface area contributed by atoms with Crippen molar-refractivity contribution in [1.82, 2.24) is 33.2 Å². The number of fused-ring (bicyclic) bond motifs is 3. The average molecular weight is 490 g/mol. The topological polar surface area (TPSA) is 108 Å². The maximum absolute atomic E-state index is 13.3. The summed E-state index contributed by atoms with van der Waals surface area (Å²) in [5, 5.41) is 5.05. The van der Waals surface area contributed by atoms with Gasteiger partial charge in [0, 0.05) is 49.7 Å². The Hall–Kier alpha value is -3.83. The van der Waals surface area contributed by atoms with Crippen molar-refractivity contribution in [1.29, 1.82) is 0 Å². The van der Waals surface area contributed by atoms with Gasteiger partial charge < -0.3 is 0 Å². The standard InChI is InChI=1S/C24H23N7O3S/c1-28-21-14-25-20-6-4-16(17-5-7-22(26-13-17)30-10-3-9-27-30)12-19(20)23(21)31(24(28)32)18-8-11-29(15-18)35(2,33)34/h3-7,9-10,12-14,18H,8,11,15H2,1-2H3. The Labute approximate surface area is 201 Å². The number of hydrogen-bond acceptors (Lipinski definition) is 6. The molecule has 0 amide bonds. The van der Waals surface area contributed by atoms with Gasteiger partial charge in [0.05, 0.1) is 35.0 Å². The van der Waals surface area contributed by atoms with Crippen LogP contribution in [0.4, 0.5) is 0 Å². The van der Waals surface area contributed by atoms with E-state index in [4.69, 9.17) is 0 Å². The lowest BCUT2D eigenvalue weighted by molar-refractivity contribution is 0.454. The molecule has 11 heteroatoms. The van der Waals surface area contributed by atoms with Crippen LogP contribution in [0.3, 0.4) is 0 Å². The summed E-state index contributed by atoms with van der Waals surface area (Å²) in [5.74, 6) is 0.720. The van der Waals surface area contributed by atoms with E-state index in [0.717, 1.165) is 33.4 Å². The van der Waals surface area contributed by atoms with Crippen LogP contribution in [0, 0.1) is 0 Å². The van der Waals surface area contributed by atoms with Crippen molar-refractivity contribution < 1.29 is 8.42 Å². The van der Waals surface area contributed by atoms with Gasteiger partial charge in [0.25, 0.3) is 0 Å². The minimum Gasteiger partial charge on any atom is -0.293 e. The molecule has 6 rings (SSSR count). The molecule has 35 heavy (non-hydrogen) atoms. The number of imidazole rings is 1. The van der Waals surface area contributed by atoms with E-state index in [1.54, 1.807) is 39.5 Å². The van der Waals surface area contributed by atoms with E-state index in [-0.39, 0.29) is 18.3 Å². The fourth-order valence-corrected chi connectivity index (χ4v) is 5.74. The molecular weight excluding hydrogens is 466 g/mol. The number of aromatic nitrogens is 6. The summed E-state index contributed by atoms with van der Waals surface area (Å²) < 4.78 is 30.6. The first-order chi connectivity index (χ1) is 16.8. The first kappa shape index (κ1) is 21.7. The SMILES string of the molecule is Cn1c(=O)n(C2CCN(S(C)(=O)=O)C2)c2c3cc(-c4ccc(-n5cccn5)nc4)ccc3ncc21. The summed E-state index contributed by atoms with van der Waals surface area (Å²) >= 11 is 0. The number of aryl methyl sites for hydroxylation is 1. The van der Waals surface area contributed by atoms with Gasteiger partial charge >= 0.3 is 5.69 Å². The Balaban J connectivity index is 1.49. The van der Waals surface area contributed by atoms with Crippen molar-refractivity contribution in [3.05, 3.63) is 71.7 Å². The van der Waals surface area contributed by atoms with Gasteiger partial charge in [-0.3, -0.25) is 14.1 Å². The Morgan fingerprint density at radius 2 is 1.89 bits per heavy atom. The van der Waals surface area contributed by atoms with Crippen molar-refractivity contribution in [2.75, 3.05) is 19.3 Å². The zero-order valence-corrected chi connectivity index (χ0v) is 20.1. The molecule has 5 aromatic rings. The maximum Gasteiger partial charge on any atom is 0.329 e. The maximum atomic E-state index is 13.3. The third-order valence-corrected chi connectivity index (χ3v) is 7.97. The van der Waals surface area contributed by atoms with Crippen LogP contribution in [0.1, 0.15) is 12.5 Å². The Morgan fingerprint density at radius 3 is 2.57 bits per heavy atom. The van der Waals surface area contributed by atoms with Crippen LogP contribution in [0.25, 0.3) is 38.9 Å². The summed E-state index contributed by atoms with van der Waals surface area (Å²) in [7, 11) is -1.60. The molecular formula is C24H23N7O3S. The summed E-state index contributed by atoms with van der Waals surface area (Å²) in [6, 6.07) is 11.4. The van der Waals surface area contributed by atoms with E-state index in [0.29, 0.717) is 18.5 Å². The normalized spacial score (nSPS) is 17.0. The number of sulfonamides is 1. The predicted molar refractivity (Wildman–Crippen MR) is 133 cm³/mol. The van der Waals surface area contributed by atoms with Gasteiger partial charge in [-0.2, -0.15) is 5.10 Å². The molecule has 1 aliphatic heterocycles. The zero-order chi connectivity index (χ0) is 24.3. The van der Waals surface area contributed by atoms with E-state index in [9.17, 15) is 13.2 Å². The predicted octanol–water partition coefficient (Wildman–Crippen LogP) is 2.34. The molecule has 1 aliphatic rings. The largest absolute Gasteiger partial charge is 0.329 e. The summed E-state index contributed by atoms with van der Waals surface area (Å²) in [5.41, 5.74) is 3.94. The molecule has 4 aromatic heterocycles. The molecule has 0 spiro atoms. The highest BCUT2D eigenvalue weighted by Gasteiger charge is 2.32. The molecule has 0 radical (unpaired) electrons. The van der Waals surface area contributed by atoms with Crippen LogP contribution in [0.15, 0.2) is 66.0 Å². The van der Waals surface area contributed by atoms with Crippen molar-refractivity contribution in [2.24, 2.45) is 7.05 Å². The van der Waals surface area contributed by atoms with E-state index in [1.807, 2.05) is 42.6 Å². The molecule has 0 aliphatic carbocycles. The van der Waals surface area contributed by atoms with Gasteiger partial charge in [-0.25, -0.2) is 27.2 Å². The van der Waals surface area contributed by atoms with Gasteiger partial charge in [-0.15, -0.1) is 0 Å². The van der Waals surface area contributed by atoms with Gasteiger partial charge in [0.15, 0.2) is 5.82 Å². The number of nitrogens with zero attached hydrogens (tertiary/aromatic N) is 7. The molecule has 1 aromatic carbocycles. The fraction of sp³-hybridized carbons (Fsp3) is 0.250. The molecule has 1 saturated heterocycles. The van der Waals surface area contributed by atoms with Crippen molar-refractivity contribution in [3.63, 3.8) is 0 Å². The molecule has 0 bridgehead atoms. The smallest absolute Gasteiger partial charge is 0.293 e. The lowest BCUT2D eigenvalue weighted by Gasteiger charge is -2.15. The van der Waals surface area contributed by atoms with Crippen LogP contribution in [0.5, 0.6) is 0 Å². The third-order valence-electron chi connectivity index (χ3n) is 6.70. The number of pyridine rings is 2. The second kappa shape index (κ2) is 7.85. The van der Waals surface area contributed by atoms with Crippen molar-refractivity contribution >= 4 is 32.0 Å². The van der Waals surface area contributed by atoms with E-state index in [2.05, 4.69) is 15.1 Å². The lowest BCUT2D eigenvalue weighted by Crippen LogP contribution is -2.31. The molecule has 5 heterocycles. The van der Waals surface area contributed by atoms with Gasteiger partial charge in [0.1, 0.15) is 0 Å². The first-order valence-electron chi connectivity index (χ1n) is 11.2. The number of benzene rings is 1. The van der Waals surface area contributed by atoms with E-state index < -0.39 is 10.0 Å². The molecule has 10 nitrogen and oxygen atoms in total. The summed E-state index contributed by atoms with van der Waals surface area (Å²) in [6.07, 6.45) is 8.83. The quantitative estimate of drug-likeness (QED) is 0.384. The van der Waals surface area contributed by atoms with Gasteiger partial charge in [0.2, 0.25) is 10.0 Å². The van der Waals surface area contributed by atoms with Crippen molar-refractivity contribution in [3.8, 4) is 16.9 Å². The Kier molecular flexibility index (Phi) is 4.87. The van der Waals surface area contributed by atoms with Crippen LogP contribution in [-0.2, 0) is 17.1 Å². The van der Waals surface area contributed by atoms with Crippen molar-refractivity contribution in [2.45, 2.75) is 12.5 Å². The molecule has 178 valence electrons. The molecule has 1 atom stereocenters. The first-order valence-corrected chi connectivity index (χ1v) is 13.1. The van der Waals surface area contributed by atoms with E-state index >= 15 is 0 Å². The van der Waals surface area contributed by atoms with Crippen LogP contribution < -0.4 is 5.69 Å². The highest BCUT2D eigenvalue weighted by atomic mass is 32.2. The minimum atomic E-state index is -3.32. The molecule has 1 fully saturated rings. The summed E-state index contributed by atoms with van der Waals surface area (Å²) in [4.78, 5) is 22.4. The Morgan fingerprint density at radius 1 is 1.06 bits per heavy atom. The van der Waals surface area contributed by atoms with Gasteiger partial charge in [-0.05, 0) is 42.3 Å². The van der Waals surface area contributed by atoms with Gasteiger partial charge in [-0.1, -0.05) is 6.07 Å². The highest BCUT2D eigenvalue weighted by Crippen LogP contribution is 2.32. The number of rotatable bonds is 4. The summed E-state index contributed by atoms with van der Waals surface area (Å²) in [6.45, 7) is 0.676. The van der Waals surface area contributed by atoms with Crippen LogP contribution in [0.2, 0.25) is 0 Å². The number of hydrogen-bond donors (Lipinski definition) is 0. The van der Waals surface area contributed by atoms with E-state index in [1.165, 1.54) is 10.6 Å². The molecule has 0 saturated carbocycles. The zero-order valence-electron chi connectivity index (χ0n) is 19.2. The molecule has 1 unspecified atom stereocenters. The molecule has 0 N–H and O–H groups in total. The second-order valence-electron chi connectivity index (χ2n) is 8.85. The highest BCUT2D eigenvalue weighted by molar-refractivity contribution is 7.88.